The van der Waals surface area contributed by atoms with Crippen LogP contribution in [0, 0.1) is 0 Å². The van der Waals surface area contributed by atoms with E-state index in [1.807, 2.05) is 30.3 Å². The number of nitrogen functional groups attached to an aromatic ring is 1. The Morgan fingerprint density at radius 3 is 2.31 bits per heavy atom. The van der Waals surface area contributed by atoms with Crippen LogP contribution in [0.2, 0.25) is 5.02 Å². The zero-order valence-corrected chi connectivity index (χ0v) is 14.9. The second kappa shape index (κ2) is 7.80. The molecule has 0 spiro atoms. The molecule has 5 nitrogen and oxygen atoms in total. The van der Waals surface area contributed by atoms with Crippen molar-refractivity contribution in [2.24, 2.45) is 0 Å². The molecular weight excluding hydrogens is 350 g/mol. The lowest BCUT2D eigenvalue weighted by Gasteiger charge is -2.24. The van der Waals surface area contributed by atoms with Gasteiger partial charge in [0.2, 0.25) is 0 Å². The Hall–Kier alpha value is -3.18. The largest absolute Gasteiger partial charge is 0.495 e. The number of carbonyl (C=O) groups excluding carboxylic acids is 1. The Balaban J connectivity index is 1.98. The van der Waals surface area contributed by atoms with Crippen molar-refractivity contribution in [2.45, 2.75) is 0 Å². The molecule has 0 aromatic heterocycles. The predicted molar refractivity (Wildman–Crippen MR) is 106 cm³/mol. The van der Waals surface area contributed by atoms with Gasteiger partial charge in [-0.25, -0.2) is 4.79 Å². The van der Waals surface area contributed by atoms with Crippen LogP contribution in [0.25, 0.3) is 0 Å². The molecule has 0 unspecified atom stereocenters. The summed E-state index contributed by atoms with van der Waals surface area (Å²) in [6.07, 6.45) is 0. The van der Waals surface area contributed by atoms with Crippen LogP contribution >= 0.6 is 11.6 Å². The number of nitrogens with one attached hydrogen (secondary N) is 1. The molecule has 3 rings (SSSR count). The quantitative estimate of drug-likeness (QED) is 0.615. The maximum atomic E-state index is 13.1. The van der Waals surface area contributed by atoms with E-state index in [4.69, 9.17) is 22.1 Å². The number of halogens is 1. The van der Waals surface area contributed by atoms with Crippen molar-refractivity contribution >= 4 is 40.4 Å². The first-order valence-corrected chi connectivity index (χ1v) is 8.31. The molecule has 3 N–H and O–H groups in total. The fraction of sp³-hybridized carbons (Fsp3) is 0.0500. The molecule has 2 amide bonds. The second-order valence-electron chi connectivity index (χ2n) is 5.54. The average molecular weight is 368 g/mol. The normalized spacial score (nSPS) is 10.2. The maximum absolute atomic E-state index is 13.1. The van der Waals surface area contributed by atoms with Crippen molar-refractivity contribution in [3.05, 3.63) is 77.8 Å². The standard InChI is InChI=1S/C20H18ClN3O2/c1-26-19-12-7-14(21)13-18(19)23-20(25)24(16-5-3-2-4-6-16)17-10-8-15(22)9-11-17/h2-13H,22H2,1H3,(H,23,25). The summed E-state index contributed by atoms with van der Waals surface area (Å²) in [5.41, 5.74) is 8.28. The number of amides is 2. The Bertz CT molecular complexity index is 899. The van der Waals surface area contributed by atoms with E-state index in [0.29, 0.717) is 27.8 Å². The van der Waals surface area contributed by atoms with E-state index in [9.17, 15) is 4.79 Å². The third-order valence-electron chi connectivity index (χ3n) is 3.77. The highest BCUT2D eigenvalue weighted by Gasteiger charge is 2.19. The molecule has 0 bridgehead atoms. The van der Waals surface area contributed by atoms with Gasteiger partial charge in [-0.3, -0.25) is 4.90 Å². The van der Waals surface area contributed by atoms with Gasteiger partial charge < -0.3 is 15.8 Å². The van der Waals surface area contributed by atoms with Crippen LogP contribution < -0.4 is 20.7 Å². The molecule has 0 saturated carbocycles. The SMILES string of the molecule is COc1ccc(Cl)cc1NC(=O)N(c1ccccc1)c1ccc(N)cc1. The van der Waals surface area contributed by atoms with Gasteiger partial charge in [-0.2, -0.15) is 0 Å². The molecule has 0 aliphatic heterocycles. The van der Waals surface area contributed by atoms with Gasteiger partial charge in [-0.15, -0.1) is 0 Å². The molecule has 6 heteroatoms. The summed E-state index contributed by atoms with van der Waals surface area (Å²) in [5, 5.41) is 3.36. The number of nitrogens with zero attached hydrogens (tertiary/aromatic N) is 1. The van der Waals surface area contributed by atoms with E-state index in [1.54, 1.807) is 47.4 Å². The monoisotopic (exact) mass is 367 g/mol. The van der Waals surface area contributed by atoms with E-state index in [1.165, 1.54) is 7.11 Å². The van der Waals surface area contributed by atoms with Crippen LogP contribution in [-0.4, -0.2) is 13.1 Å². The lowest BCUT2D eigenvalue weighted by molar-refractivity contribution is 0.259. The van der Waals surface area contributed by atoms with Gasteiger partial charge in [-0.1, -0.05) is 29.8 Å². The van der Waals surface area contributed by atoms with Crippen molar-refractivity contribution in [1.29, 1.82) is 0 Å². The lowest BCUT2D eigenvalue weighted by Crippen LogP contribution is -2.31. The highest BCUT2D eigenvalue weighted by molar-refractivity contribution is 6.31. The minimum Gasteiger partial charge on any atom is -0.495 e. The molecule has 3 aromatic carbocycles. The number of carbonyl (C=O) groups is 1. The third-order valence-corrected chi connectivity index (χ3v) is 4.01. The van der Waals surface area contributed by atoms with Crippen LogP contribution in [0.3, 0.4) is 0 Å². The third kappa shape index (κ3) is 3.90. The zero-order chi connectivity index (χ0) is 18.5. The summed E-state index contributed by atoms with van der Waals surface area (Å²) in [6.45, 7) is 0. The number of hydrogen-bond donors (Lipinski definition) is 2. The molecule has 3 aromatic rings. The summed E-state index contributed by atoms with van der Waals surface area (Å²) in [4.78, 5) is 14.6. The average Bonchev–Trinajstić information content (AvgIpc) is 2.65. The molecule has 132 valence electrons. The van der Waals surface area contributed by atoms with Gasteiger partial charge in [0.05, 0.1) is 24.2 Å². The Morgan fingerprint density at radius 2 is 1.65 bits per heavy atom. The number of ether oxygens (including phenoxy) is 1. The zero-order valence-electron chi connectivity index (χ0n) is 14.1. The number of hydrogen-bond acceptors (Lipinski definition) is 3. The van der Waals surface area contributed by atoms with Crippen molar-refractivity contribution in [1.82, 2.24) is 0 Å². The van der Waals surface area contributed by atoms with Crippen LogP contribution in [0.5, 0.6) is 5.75 Å². The minimum atomic E-state index is -0.346. The topological polar surface area (TPSA) is 67.6 Å². The first kappa shape index (κ1) is 17.6. The summed E-state index contributed by atoms with van der Waals surface area (Å²) in [7, 11) is 1.54. The first-order chi connectivity index (χ1) is 12.6. The van der Waals surface area contributed by atoms with E-state index < -0.39 is 0 Å². The van der Waals surface area contributed by atoms with Crippen LogP contribution in [0.1, 0.15) is 0 Å². The maximum Gasteiger partial charge on any atom is 0.331 e. The molecular formula is C20H18ClN3O2. The van der Waals surface area contributed by atoms with Crippen molar-refractivity contribution in [3.8, 4) is 5.75 Å². The Kier molecular flexibility index (Phi) is 5.29. The van der Waals surface area contributed by atoms with E-state index in [-0.39, 0.29) is 6.03 Å². The highest BCUT2D eigenvalue weighted by Crippen LogP contribution is 2.31. The van der Waals surface area contributed by atoms with Gasteiger partial charge >= 0.3 is 6.03 Å². The summed E-state index contributed by atoms with van der Waals surface area (Å²) < 4.78 is 5.30. The van der Waals surface area contributed by atoms with Gasteiger partial charge in [0.15, 0.2) is 0 Å². The number of nitrogens with two attached hydrogens (primary N) is 1. The number of rotatable bonds is 4. The van der Waals surface area contributed by atoms with Gasteiger partial charge in [0.25, 0.3) is 0 Å². The predicted octanol–water partition coefficient (Wildman–Crippen LogP) is 5.30. The van der Waals surface area contributed by atoms with Crippen LogP contribution in [0.4, 0.5) is 27.5 Å². The number of para-hydroxylation sites is 1. The number of urea groups is 1. The van der Waals surface area contributed by atoms with Crippen molar-refractivity contribution in [2.75, 3.05) is 23.1 Å². The fourth-order valence-corrected chi connectivity index (χ4v) is 2.71. The van der Waals surface area contributed by atoms with E-state index >= 15 is 0 Å². The molecule has 0 aliphatic carbocycles. The Morgan fingerprint density at radius 1 is 1.00 bits per heavy atom. The van der Waals surface area contributed by atoms with Crippen molar-refractivity contribution < 1.29 is 9.53 Å². The minimum absolute atomic E-state index is 0.346. The molecule has 0 saturated heterocycles. The molecule has 0 heterocycles. The van der Waals surface area contributed by atoms with E-state index in [2.05, 4.69) is 5.32 Å². The highest BCUT2D eigenvalue weighted by atomic mass is 35.5. The smallest absolute Gasteiger partial charge is 0.331 e. The Labute approximate surface area is 157 Å². The van der Waals surface area contributed by atoms with Gasteiger partial charge in [0, 0.05) is 10.7 Å². The number of anilines is 4. The van der Waals surface area contributed by atoms with Gasteiger partial charge in [-0.05, 0) is 54.6 Å². The number of benzene rings is 3. The first-order valence-electron chi connectivity index (χ1n) is 7.94. The van der Waals surface area contributed by atoms with Crippen LogP contribution in [-0.2, 0) is 0 Å². The number of methoxy groups -OCH3 is 1. The molecule has 0 atom stereocenters. The molecule has 26 heavy (non-hydrogen) atoms. The van der Waals surface area contributed by atoms with Gasteiger partial charge in [0.1, 0.15) is 5.75 Å². The molecule has 0 radical (unpaired) electrons. The van der Waals surface area contributed by atoms with Crippen LogP contribution in [0.15, 0.2) is 72.8 Å². The summed E-state index contributed by atoms with van der Waals surface area (Å²) in [5.74, 6) is 0.521. The molecule has 0 fully saturated rings. The second-order valence-corrected chi connectivity index (χ2v) is 5.97. The lowest BCUT2D eigenvalue weighted by atomic mass is 10.2. The summed E-state index contributed by atoms with van der Waals surface area (Å²) in [6, 6.07) is 21.1. The fourth-order valence-electron chi connectivity index (χ4n) is 2.53. The van der Waals surface area contributed by atoms with Crippen molar-refractivity contribution in [3.63, 3.8) is 0 Å². The van der Waals surface area contributed by atoms with E-state index in [0.717, 1.165) is 5.69 Å². The molecule has 0 aliphatic rings. The summed E-state index contributed by atoms with van der Waals surface area (Å²) >= 11 is 6.05.